The summed E-state index contributed by atoms with van der Waals surface area (Å²) in [5, 5.41) is 0. The van der Waals surface area contributed by atoms with Gasteiger partial charge in [-0.2, -0.15) is 0 Å². The van der Waals surface area contributed by atoms with Gasteiger partial charge in [0.05, 0.1) is 0 Å². The van der Waals surface area contributed by atoms with Gasteiger partial charge >= 0.3 is 0 Å². The Morgan fingerprint density at radius 2 is 1.95 bits per heavy atom. The van der Waals surface area contributed by atoms with Crippen molar-refractivity contribution in [1.29, 1.82) is 0 Å². The molecule has 0 aromatic heterocycles. The monoisotopic (exact) mass is 336 g/mol. The molecule has 110 valence electrons. The molecule has 0 amide bonds. The third-order valence-electron chi connectivity index (χ3n) is 5.01. The molecule has 1 atom stereocenters. The summed E-state index contributed by atoms with van der Waals surface area (Å²) in [7, 11) is 0. The molecule has 1 saturated carbocycles. The van der Waals surface area contributed by atoms with E-state index in [0.717, 1.165) is 24.9 Å². The topological polar surface area (TPSA) is 29.3 Å². The lowest BCUT2D eigenvalue weighted by molar-refractivity contribution is 0.430. The largest absolute Gasteiger partial charge is 0.368 e. The second kappa shape index (κ2) is 6.48. The molecule has 1 unspecified atom stereocenters. The summed E-state index contributed by atoms with van der Waals surface area (Å²) in [4.78, 5) is 2.69. The first-order chi connectivity index (χ1) is 9.79. The van der Waals surface area contributed by atoms with Gasteiger partial charge in [-0.25, -0.2) is 0 Å². The third-order valence-corrected chi connectivity index (χ3v) is 5.51. The second-order valence-electron chi connectivity index (χ2n) is 6.26. The molecule has 0 spiro atoms. The zero-order chi connectivity index (χ0) is 13.9. The number of hydrogen-bond acceptors (Lipinski definition) is 2. The molecule has 3 rings (SSSR count). The number of benzene rings is 1. The van der Waals surface area contributed by atoms with Crippen molar-refractivity contribution in [2.75, 3.05) is 18.0 Å². The molecule has 3 heteroatoms. The lowest BCUT2D eigenvalue weighted by atomic mass is 9.95. The van der Waals surface area contributed by atoms with Gasteiger partial charge in [0, 0.05) is 22.7 Å². The normalized spacial score (nSPS) is 23.7. The molecule has 0 radical (unpaired) electrons. The van der Waals surface area contributed by atoms with Crippen molar-refractivity contribution in [2.45, 2.75) is 51.0 Å². The van der Waals surface area contributed by atoms with E-state index in [4.69, 9.17) is 5.73 Å². The lowest BCUT2D eigenvalue weighted by Crippen LogP contribution is -2.35. The van der Waals surface area contributed by atoms with Crippen molar-refractivity contribution in [2.24, 2.45) is 11.7 Å². The minimum Gasteiger partial charge on any atom is -0.368 e. The van der Waals surface area contributed by atoms with E-state index < -0.39 is 0 Å². The van der Waals surface area contributed by atoms with E-state index in [-0.39, 0.29) is 0 Å². The Balaban J connectivity index is 1.88. The molecule has 1 aliphatic heterocycles. The second-order valence-corrected chi connectivity index (χ2v) is 7.17. The highest BCUT2D eigenvalue weighted by molar-refractivity contribution is 9.10. The summed E-state index contributed by atoms with van der Waals surface area (Å²) in [5.74, 6) is 0.919. The molecule has 1 saturated heterocycles. The van der Waals surface area contributed by atoms with Gasteiger partial charge < -0.3 is 10.6 Å². The molecule has 0 bridgehead atoms. The van der Waals surface area contributed by atoms with Crippen LogP contribution in [0.25, 0.3) is 0 Å². The highest BCUT2D eigenvalue weighted by Crippen LogP contribution is 2.39. The van der Waals surface area contributed by atoms with Crippen LogP contribution in [0.5, 0.6) is 0 Å². The molecule has 2 N–H and O–H groups in total. The molecule has 1 aromatic carbocycles. The Morgan fingerprint density at radius 1 is 1.15 bits per heavy atom. The Labute approximate surface area is 130 Å². The van der Waals surface area contributed by atoms with E-state index in [0.29, 0.717) is 0 Å². The standard InChI is InChI=1S/C17H25BrN2/c18-15-8-7-14(9-10-19)17(12-15)20-11-3-6-16(20)13-4-1-2-5-13/h7-8,12-13,16H,1-6,9-11,19H2. The SMILES string of the molecule is NCCc1ccc(Br)cc1N1CCCC1C1CCCC1. The van der Waals surface area contributed by atoms with Gasteiger partial charge in [-0.05, 0) is 62.3 Å². The van der Waals surface area contributed by atoms with Crippen LogP contribution in [0.2, 0.25) is 0 Å². The van der Waals surface area contributed by atoms with Crippen LogP contribution in [0.3, 0.4) is 0 Å². The number of nitrogens with two attached hydrogens (primary N) is 1. The van der Waals surface area contributed by atoms with Crippen LogP contribution < -0.4 is 10.6 Å². The van der Waals surface area contributed by atoms with Crippen molar-refractivity contribution in [1.82, 2.24) is 0 Å². The van der Waals surface area contributed by atoms with E-state index >= 15 is 0 Å². The molecule has 2 fully saturated rings. The van der Waals surface area contributed by atoms with E-state index in [1.54, 1.807) is 0 Å². The number of rotatable bonds is 4. The number of anilines is 1. The van der Waals surface area contributed by atoms with Gasteiger partial charge in [-0.1, -0.05) is 34.8 Å². The van der Waals surface area contributed by atoms with Crippen molar-refractivity contribution >= 4 is 21.6 Å². The van der Waals surface area contributed by atoms with Crippen molar-refractivity contribution in [3.8, 4) is 0 Å². The van der Waals surface area contributed by atoms with Gasteiger partial charge in [0.1, 0.15) is 0 Å². The van der Waals surface area contributed by atoms with E-state index in [1.807, 2.05) is 0 Å². The van der Waals surface area contributed by atoms with Gasteiger partial charge in [0.15, 0.2) is 0 Å². The predicted octanol–water partition coefficient (Wildman–Crippen LogP) is 4.11. The quantitative estimate of drug-likeness (QED) is 0.896. The van der Waals surface area contributed by atoms with Crippen LogP contribution in [-0.4, -0.2) is 19.1 Å². The van der Waals surface area contributed by atoms with Gasteiger partial charge in [-0.3, -0.25) is 0 Å². The zero-order valence-corrected chi connectivity index (χ0v) is 13.7. The Hall–Kier alpha value is -0.540. The third kappa shape index (κ3) is 2.89. The van der Waals surface area contributed by atoms with Gasteiger partial charge in [-0.15, -0.1) is 0 Å². The average Bonchev–Trinajstić information content (AvgIpc) is 3.10. The van der Waals surface area contributed by atoms with Gasteiger partial charge in [0.2, 0.25) is 0 Å². The maximum atomic E-state index is 5.79. The predicted molar refractivity (Wildman–Crippen MR) is 89.2 cm³/mol. The first kappa shape index (κ1) is 14.4. The molecule has 1 heterocycles. The maximum absolute atomic E-state index is 5.79. The number of nitrogens with zero attached hydrogens (tertiary/aromatic N) is 1. The van der Waals surface area contributed by atoms with Crippen molar-refractivity contribution < 1.29 is 0 Å². The van der Waals surface area contributed by atoms with Crippen LogP contribution in [0.4, 0.5) is 5.69 Å². The highest BCUT2D eigenvalue weighted by atomic mass is 79.9. The molecule has 2 nitrogen and oxygen atoms in total. The molecular formula is C17H25BrN2. The molecule has 20 heavy (non-hydrogen) atoms. The Kier molecular flexibility index (Phi) is 4.67. The first-order valence-electron chi connectivity index (χ1n) is 8.04. The Morgan fingerprint density at radius 3 is 2.70 bits per heavy atom. The van der Waals surface area contributed by atoms with E-state index in [9.17, 15) is 0 Å². The summed E-state index contributed by atoms with van der Waals surface area (Å²) in [6.45, 7) is 1.95. The summed E-state index contributed by atoms with van der Waals surface area (Å²) in [6.07, 6.45) is 9.43. The van der Waals surface area contributed by atoms with Crippen LogP contribution >= 0.6 is 15.9 Å². The molecule has 1 aliphatic carbocycles. The average molecular weight is 337 g/mol. The summed E-state index contributed by atoms with van der Waals surface area (Å²) >= 11 is 3.64. The Bertz CT molecular complexity index is 454. The number of halogens is 1. The molecule has 2 aliphatic rings. The van der Waals surface area contributed by atoms with Crippen LogP contribution in [-0.2, 0) is 6.42 Å². The first-order valence-corrected chi connectivity index (χ1v) is 8.84. The van der Waals surface area contributed by atoms with Crippen LogP contribution in [0.15, 0.2) is 22.7 Å². The van der Waals surface area contributed by atoms with Gasteiger partial charge in [0.25, 0.3) is 0 Å². The lowest BCUT2D eigenvalue weighted by Gasteiger charge is -2.33. The molecule has 1 aromatic rings. The van der Waals surface area contributed by atoms with Crippen LogP contribution in [0, 0.1) is 5.92 Å². The fraction of sp³-hybridized carbons (Fsp3) is 0.647. The highest BCUT2D eigenvalue weighted by Gasteiger charge is 2.34. The van der Waals surface area contributed by atoms with Crippen molar-refractivity contribution in [3.05, 3.63) is 28.2 Å². The minimum atomic E-state index is 0.733. The molecular weight excluding hydrogens is 312 g/mol. The van der Waals surface area contributed by atoms with E-state index in [1.165, 1.54) is 60.8 Å². The van der Waals surface area contributed by atoms with Crippen molar-refractivity contribution in [3.63, 3.8) is 0 Å². The summed E-state index contributed by atoms with van der Waals surface area (Å²) in [6, 6.07) is 7.47. The minimum absolute atomic E-state index is 0.733. The van der Waals surface area contributed by atoms with E-state index in [2.05, 4.69) is 39.0 Å². The van der Waals surface area contributed by atoms with Crippen LogP contribution in [0.1, 0.15) is 44.1 Å². The fourth-order valence-electron chi connectivity index (χ4n) is 4.10. The smallest absolute Gasteiger partial charge is 0.0413 e. The number of hydrogen-bond donors (Lipinski definition) is 1. The fourth-order valence-corrected chi connectivity index (χ4v) is 4.44. The zero-order valence-electron chi connectivity index (χ0n) is 12.2. The summed E-state index contributed by atoms with van der Waals surface area (Å²) in [5.41, 5.74) is 8.64. The summed E-state index contributed by atoms with van der Waals surface area (Å²) < 4.78 is 1.19. The maximum Gasteiger partial charge on any atom is 0.0413 e.